The van der Waals surface area contributed by atoms with Gasteiger partial charge in [-0.15, -0.1) is 0 Å². The van der Waals surface area contributed by atoms with Gasteiger partial charge in [-0.1, -0.05) is 140 Å². The van der Waals surface area contributed by atoms with Crippen molar-refractivity contribution in [1.29, 1.82) is 5.41 Å². The summed E-state index contributed by atoms with van der Waals surface area (Å²) < 4.78 is 0. The lowest BCUT2D eigenvalue weighted by Crippen LogP contribution is -2.39. The first-order chi connectivity index (χ1) is 20.5. The van der Waals surface area contributed by atoms with Crippen LogP contribution in [0.15, 0.2) is 128 Å². The third kappa shape index (κ3) is 6.88. The maximum Gasteiger partial charge on any atom is 0.270 e. The van der Waals surface area contributed by atoms with Crippen LogP contribution in [0.3, 0.4) is 0 Å². The number of nitrogens with one attached hydrogen (secondary N) is 3. The molecule has 0 atom stereocenters. The Morgan fingerprint density at radius 3 is 1.71 bits per heavy atom. The second kappa shape index (κ2) is 14.4. The number of carbonyl (C=O) groups is 1. The van der Waals surface area contributed by atoms with Gasteiger partial charge in [0, 0.05) is 29.0 Å². The summed E-state index contributed by atoms with van der Waals surface area (Å²) in [6.07, 6.45) is 1.46. The molecule has 0 fully saturated rings. The number of rotatable bonds is 9. The summed E-state index contributed by atoms with van der Waals surface area (Å²) in [5.41, 5.74) is 3.52. The molecule has 212 valence electrons. The van der Waals surface area contributed by atoms with E-state index in [1.807, 2.05) is 80.6 Å². The fourth-order valence-electron chi connectivity index (χ4n) is 4.71. The van der Waals surface area contributed by atoms with E-state index in [4.69, 9.17) is 28.6 Å². The quantitative estimate of drug-likeness (QED) is 0.0909. The number of halogens is 2. The van der Waals surface area contributed by atoms with Crippen molar-refractivity contribution < 1.29 is 4.79 Å². The molecule has 4 aromatic carbocycles. The summed E-state index contributed by atoms with van der Waals surface area (Å²) in [6, 6.07) is 39.0. The smallest absolute Gasteiger partial charge is 0.270 e. The van der Waals surface area contributed by atoms with Gasteiger partial charge in [-0.2, -0.15) is 0 Å². The number of carbonyl (C=O) groups excluding carboxylic acids is 1. The molecule has 1 amide bonds. The highest BCUT2D eigenvalue weighted by Gasteiger charge is 2.37. The van der Waals surface area contributed by atoms with Crippen LogP contribution < -0.4 is 10.6 Å². The molecular weight excluding hydrogens is 563 g/mol. The fraction of sp³-hybridized carbons (Fsp3) is 0.114. The van der Waals surface area contributed by atoms with Crippen molar-refractivity contribution in [1.82, 2.24) is 10.3 Å². The monoisotopic (exact) mass is 594 g/mol. The van der Waals surface area contributed by atoms with Crippen molar-refractivity contribution in [3.05, 3.63) is 166 Å². The first kappa shape index (κ1) is 30.5. The lowest BCUT2D eigenvalue weighted by molar-refractivity contribution is -0.114. The van der Waals surface area contributed by atoms with E-state index in [1.165, 1.54) is 6.20 Å². The van der Waals surface area contributed by atoms with Crippen LogP contribution in [0.25, 0.3) is 0 Å². The lowest BCUT2D eigenvalue weighted by atomic mass is 9.76. The third-order valence-electron chi connectivity index (χ3n) is 6.68. The van der Waals surface area contributed by atoms with E-state index < -0.39 is 11.4 Å². The molecule has 3 N–H and O–H groups in total. The van der Waals surface area contributed by atoms with Gasteiger partial charge in [0.05, 0.1) is 0 Å². The molecule has 0 saturated heterocycles. The molecule has 0 saturated carbocycles. The molecule has 0 radical (unpaired) electrons. The summed E-state index contributed by atoms with van der Waals surface area (Å²) in [5, 5.41) is 16.2. The first-order valence-corrected chi connectivity index (χ1v) is 14.4. The predicted octanol–water partition coefficient (Wildman–Crippen LogP) is 8.50. The standard InChI is InChI=1S/C33H26Cl2N4O.C2H6/c34-27-18-16-23(17-19-27)21-38-32(40)31(36)28-22-37-30(35)20-29(28)39-33(24-10-4-1-5-11-24,25-12-6-2-7-13-25)26-14-8-3-9-15-26;1-2/h1-20,22,36H,21H2,(H,37,39)(H,38,40);1-2H3. The van der Waals surface area contributed by atoms with Crippen LogP contribution in [0, 0.1) is 5.41 Å². The lowest BCUT2D eigenvalue weighted by Gasteiger charge is -2.38. The highest BCUT2D eigenvalue weighted by atomic mass is 35.5. The van der Waals surface area contributed by atoms with Gasteiger partial charge in [0.15, 0.2) is 0 Å². The average molecular weight is 596 g/mol. The van der Waals surface area contributed by atoms with Crippen molar-refractivity contribution in [3.63, 3.8) is 0 Å². The second-order valence-electron chi connectivity index (χ2n) is 9.21. The number of aromatic nitrogens is 1. The van der Waals surface area contributed by atoms with Crippen molar-refractivity contribution >= 4 is 40.5 Å². The highest BCUT2D eigenvalue weighted by Crippen LogP contribution is 2.41. The van der Waals surface area contributed by atoms with Crippen LogP contribution in [0.4, 0.5) is 5.69 Å². The molecule has 5 aromatic rings. The Labute approximate surface area is 257 Å². The molecule has 0 aliphatic rings. The summed E-state index contributed by atoms with van der Waals surface area (Å²) >= 11 is 12.4. The molecule has 0 unspecified atom stereocenters. The van der Waals surface area contributed by atoms with Crippen LogP contribution >= 0.6 is 23.2 Å². The maximum atomic E-state index is 13.1. The summed E-state index contributed by atoms with van der Waals surface area (Å²) in [4.78, 5) is 17.4. The van der Waals surface area contributed by atoms with Crippen molar-refractivity contribution in [3.8, 4) is 0 Å². The molecule has 5 nitrogen and oxygen atoms in total. The zero-order valence-corrected chi connectivity index (χ0v) is 25.0. The maximum absolute atomic E-state index is 13.1. The molecule has 7 heteroatoms. The summed E-state index contributed by atoms with van der Waals surface area (Å²) in [5.74, 6) is -0.535. The Morgan fingerprint density at radius 1 is 0.762 bits per heavy atom. The van der Waals surface area contributed by atoms with Crippen LogP contribution in [0.5, 0.6) is 0 Å². The Bertz CT molecular complexity index is 1510. The minimum absolute atomic E-state index is 0.233. The van der Waals surface area contributed by atoms with Gasteiger partial charge in [-0.3, -0.25) is 10.2 Å². The minimum Gasteiger partial charge on any atom is -0.367 e. The normalized spacial score (nSPS) is 10.7. The van der Waals surface area contributed by atoms with E-state index in [9.17, 15) is 4.79 Å². The largest absolute Gasteiger partial charge is 0.367 e. The minimum atomic E-state index is -0.872. The summed E-state index contributed by atoms with van der Waals surface area (Å²) in [7, 11) is 0. The molecule has 0 bridgehead atoms. The SMILES string of the molecule is CC.N=C(C(=O)NCc1ccc(Cl)cc1)c1cnc(Cl)cc1NC(c1ccccc1)(c1ccccc1)c1ccccc1. The second-order valence-corrected chi connectivity index (χ2v) is 10.0. The van der Waals surface area contributed by atoms with Crippen molar-refractivity contribution in [2.24, 2.45) is 0 Å². The van der Waals surface area contributed by atoms with E-state index in [2.05, 4.69) is 52.0 Å². The Kier molecular flexibility index (Phi) is 10.5. The van der Waals surface area contributed by atoms with E-state index in [1.54, 1.807) is 18.2 Å². The third-order valence-corrected chi connectivity index (χ3v) is 7.13. The van der Waals surface area contributed by atoms with Gasteiger partial charge in [0.2, 0.25) is 0 Å². The Balaban J connectivity index is 0.00000198. The number of hydrogen-bond acceptors (Lipinski definition) is 4. The van der Waals surface area contributed by atoms with E-state index in [0.717, 1.165) is 22.3 Å². The molecule has 0 aliphatic heterocycles. The van der Waals surface area contributed by atoms with Crippen LogP contribution in [0.2, 0.25) is 10.2 Å². The fourth-order valence-corrected chi connectivity index (χ4v) is 4.99. The van der Waals surface area contributed by atoms with E-state index in [0.29, 0.717) is 16.3 Å². The molecule has 5 rings (SSSR count). The molecule has 0 aliphatic carbocycles. The zero-order valence-electron chi connectivity index (χ0n) is 23.4. The van der Waals surface area contributed by atoms with Gasteiger partial charge in [0.1, 0.15) is 16.4 Å². The number of amides is 1. The van der Waals surface area contributed by atoms with Gasteiger partial charge in [-0.25, -0.2) is 4.98 Å². The number of hydrogen-bond donors (Lipinski definition) is 3. The molecular formula is C35H32Cl2N4O. The molecule has 1 aromatic heterocycles. The van der Waals surface area contributed by atoms with E-state index >= 15 is 0 Å². The number of anilines is 1. The Morgan fingerprint density at radius 2 is 1.24 bits per heavy atom. The van der Waals surface area contributed by atoms with Crippen LogP contribution in [-0.2, 0) is 16.9 Å². The first-order valence-electron chi connectivity index (χ1n) is 13.7. The molecule has 0 spiro atoms. The zero-order chi connectivity index (χ0) is 30.0. The highest BCUT2D eigenvalue weighted by molar-refractivity contribution is 6.45. The van der Waals surface area contributed by atoms with Gasteiger partial charge in [-0.05, 0) is 40.5 Å². The Hall–Kier alpha value is -4.45. The van der Waals surface area contributed by atoms with Gasteiger partial charge in [0.25, 0.3) is 5.91 Å². The van der Waals surface area contributed by atoms with Crippen LogP contribution in [0.1, 0.15) is 41.7 Å². The van der Waals surface area contributed by atoms with Crippen LogP contribution in [-0.4, -0.2) is 16.6 Å². The van der Waals surface area contributed by atoms with Crippen molar-refractivity contribution in [2.75, 3.05) is 5.32 Å². The predicted molar refractivity (Wildman–Crippen MR) is 174 cm³/mol. The number of benzene rings is 4. The van der Waals surface area contributed by atoms with Gasteiger partial charge >= 0.3 is 0 Å². The van der Waals surface area contributed by atoms with Crippen molar-refractivity contribution in [2.45, 2.75) is 25.9 Å². The number of nitrogens with zero attached hydrogens (tertiary/aromatic N) is 1. The number of pyridine rings is 1. The topological polar surface area (TPSA) is 77.9 Å². The molecule has 1 heterocycles. The van der Waals surface area contributed by atoms with E-state index in [-0.39, 0.29) is 17.4 Å². The summed E-state index contributed by atoms with van der Waals surface area (Å²) in [6.45, 7) is 4.25. The van der Waals surface area contributed by atoms with Gasteiger partial charge < -0.3 is 10.6 Å². The average Bonchev–Trinajstić information content (AvgIpc) is 3.05. The molecule has 42 heavy (non-hydrogen) atoms.